The second-order valence-electron chi connectivity index (χ2n) is 7.03. The Balaban J connectivity index is 1.98. The largest absolute Gasteiger partial charge is 0.493 e. The standard InChI is InChI=1S/C21H25F3N2O2/c1-2-3-4-5-14-28-17-11-7-9-15-8-6-10-16(19(15)17)20(21(22,23)24)26-13-12-18(27)25-26/h6-11,20H,2-5,12-14H2,1H3,(H,25,27)/t20-/m0/s1. The first kappa shape index (κ1) is 20.5. The summed E-state index contributed by atoms with van der Waals surface area (Å²) in [6, 6.07) is 8.20. The van der Waals surface area contributed by atoms with Gasteiger partial charge in [0.15, 0.2) is 6.04 Å². The predicted molar refractivity (Wildman–Crippen MR) is 102 cm³/mol. The molecule has 2 aromatic rings. The normalized spacial score (nSPS) is 16.4. The maximum absolute atomic E-state index is 14.0. The van der Waals surface area contributed by atoms with Gasteiger partial charge in [0.1, 0.15) is 5.75 Å². The Hall–Kier alpha value is -2.28. The zero-order valence-corrected chi connectivity index (χ0v) is 15.9. The molecule has 3 rings (SSSR count). The van der Waals surface area contributed by atoms with Gasteiger partial charge in [-0.1, -0.05) is 56.5 Å². The van der Waals surface area contributed by atoms with E-state index in [0.717, 1.165) is 30.7 Å². The van der Waals surface area contributed by atoms with Crippen LogP contribution in [-0.2, 0) is 4.79 Å². The van der Waals surface area contributed by atoms with Crippen LogP contribution in [0.5, 0.6) is 5.75 Å². The number of alkyl halides is 3. The number of unbranched alkanes of at least 4 members (excludes halogenated alkanes) is 3. The number of halogens is 3. The van der Waals surface area contributed by atoms with E-state index >= 15 is 0 Å². The monoisotopic (exact) mass is 394 g/mol. The van der Waals surface area contributed by atoms with Gasteiger partial charge in [-0.05, 0) is 23.4 Å². The lowest BCUT2D eigenvalue weighted by Crippen LogP contribution is -2.43. The Morgan fingerprint density at radius 3 is 2.54 bits per heavy atom. The highest BCUT2D eigenvalue weighted by Gasteiger charge is 2.47. The summed E-state index contributed by atoms with van der Waals surface area (Å²) < 4.78 is 47.9. The van der Waals surface area contributed by atoms with Gasteiger partial charge in [-0.2, -0.15) is 13.2 Å². The molecule has 7 heteroatoms. The molecule has 0 spiro atoms. The molecule has 28 heavy (non-hydrogen) atoms. The van der Waals surface area contributed by atoms with Crippen molar-refractivity contribution in [3.63, 3.8) is 0 Å². The highest BCUT2D eigenvalue weighted by Crippen LogP contribution is 2.43. The number of rotatable bonds is 8. The summed E-state index contributed by atoms with van der Waals surface area (Å²) in [5.41, 5.74) is 2.44. The maximum atomic E-state index is 14.0. The van der Waals surface area contributed by atoms with Crippen molar-refractivity contribution in [2.24, 2.45) is 0 Å². The number of ether oxygens (including phenoxy) is 1. The molecule has 1 aliphatic heterocycles. The average Bonchev–Trinajstić information content (AvgIpc) is 3.06. The Labute approximate surface area is 162 Å². The highest BCUT2D eigenvalue weighted by molar-refractivity contribution is 5.92. The predicted octanol–water partition coefficient (Wildman–Crippen LogP) is 5.14. The van der Waals surface area contributed by atoms with Crippen LogP contribution in [0, 0.1) is 0 Å². The summed E-state index contributed by atoms with van der Waals surface area (Å²) in [4.78, 5) is 11.5. The third-order valence-electron chi connectivity index (χ3n) is 4.92. The lowest BCUT2D eigenvalue weighted by atomic mass is 9.97. The zero-order chi connectivity index (χ0) is 20.1. The van der Waals surface area contributed by atoms with Crippen LogP contribution >= 0.6 is 0 Å². The van der Waals surface area contributed by atoms with Crippen molar-refractivity contribution in [2.75, 3.05) is 13.2 Å². The molecule has 0 aliphatic carbocycles. The SMILES string of the molecule is CCCCCCOc1cccc2cccc([C@H](N3CCC(=O)N3)C(F)(F)F)c12. The molecule has 0 radical (unpaired) electrons. The first-order chi connectivity index (χ1) is 13.4. The summed E-state index contributed by atoms with van der Waals surface area (Å²) >= 11 is 0. The molecule has 0 saturated carbocycles. The number of carbonyl (C=O) groups is 1. The van der Waals surface area contributed by atoms with Crippen LogP contribution in [0.4, 0.5) is 13.2 Å². The van der Waals surface area contributed by atoms with Gasteiger partial charge in [-0.25, -0.2) is 5.01 Å². The molecule has 1 fully saturated rings. The van der Waals surface area contributed by atoms with Gasteiger partial charge in [0, 0.05) is 18.4 Å². The molecule has 0 bridgehead atoms. The molecule has 4 nitrogen and oxygen atoms in total. The van der Waals surface area contributed by atoms with Crippen LogP contribution < -0.4 is 10.2 Å². The minimum atomic E-state index is -4.54. The number of fused-ring (bicyclic) bond motifs is 1. The van der Waals surface area contributed by atoms with Crippen LogP contribution in [0.15, 0.2) is 36.4 Å². The van der Waals surface area contributed by atoms with E-state index in [2.05, 4.69) is 12.3 Å². The van der Waals surface area contributed by atoms with Gasteiger partial charge >= 0.3 is 6.18 Å². The number of nitrogens with one attached hydrogen (secondary N) is 1. The Morgan fingerprint density at radius 1 is 1.14 bits per heavy atom. The van der Waals surface area contributed by atoms with E-state index in [1.165, 1.54) is 6.07 Å². The van der Waals surface area contributed by atoms with Crippen molar-refractivity contribution in [1.82, 2.24) is 10.4 Å². The van der Waals surface area contributed by atoms with E-state index in [-0.39, 0.29) is 18.5 Å². The summed E-state index contributed by atoms with van der Waals surface area (Å²) in [6.45, 7) is 2.59. The second kappa shape index (κ2) is 8.82. The average molecular weight is 394 g/mol. The Morgan fingerprint density at radius 2 is 1.89 bits per heavy atom. The van der Waals surface area contributed by atoms with E-state index in [4.69, 9.17) is 4.74 Å². The van der Waals surface area contributed by atoms with Gasteiger partial charge in [-0.15, -0.1) is 0 Å². The zero-order valence-electron chi connectivity index (χ0n) is 15.9. The topological polar surface area (TPSA) is 41.6 Å². The van der Waals surface area contributed by atoms with E-state index < -0.39 is 18.1 Å². The van der Waals surface area contributed by atoms with Gasteiger partial charge in [0.25, 0.3) is 0 Å². The fourth-order valence-corrected chi connectivity index (χ4v) is 3.60. The molecule has 2 aromatic carbocycles. The van der Waals surface area contributed by atoms with Crippen LogP contribution in [0.25, 0.3) is 10.8 Å². The first-order valence-corrected chi connectivity index (χ1v) is 9.69. The first-order valence-electron chi connectivity index (χ1n) is 9.69. The minimum Gasteiger partial charge on any atom is -0.493 e. The maximum Gasteiger partial charge on any atom is 0.409 e. The van der Waals surface area contributed by atoms with Crippen molar-refractivity contribution >= 4 is 16.7 Å². The van der Waals surface area contributed by atoms with E-state index in [1.807, 2.05) is 0 Å². The van der Waals surface area contributed by atoms with Crippen molar-refractivity contribution in [2.45, 2.75) is 51.2 Å². The van der Waals surface area contributed by atoms with Crippen LogP contribution in [0.2, 0.25) is 0 Å². The van der Waals surface area contributed by atoms with E-state index in [1.54, 1.807) is 30.3 Å². The highest BCUT2D eigenvalue weighted by atomic mass is 19.4. The summed E-state index contributed by atoms with van der Waals surface area (Å²) in [7, 11) is 0. The second-order valence-corrected chi connectivity index (χ2v) is 7.03. The quantitative estimate of drug-likeness (QED) is 0.631. The number of nitrogens with zero attached hydrogens (tertiary/aromatic N) is 1. The number of hydrogen-bond acceptors (Lipinski definition) is 3. The molecule has 1 aliphatic rings. The Bertz CT molecular complexity index is 818. The molecular formula is C21H25F3N2O2. The van der Waals surface area contributed by atoms with E-state index in [0.29, 0.717) is 23.1 Å². The molecule has 1 heterocycles. The van der Waals surface area contributed by atoms with Gasteiger partial charge < -0.3 is 4.74 Å². The fourth-order valence-electron chi connectivity index (χ4n) is 3.60. The number of hydrazine groups is 1. The molecule has 0 unspecified atom stereocenters. The minimum absolute atomic E-state index is 0.0133. The third kappa shape index (κ3) is 4.58. The lowest BCUT2D eigenvalue weighted by Gasteiger charge is -2.30. The van der Waals surface area contributed by atoms with Crippen LogP contribution in [0.3, 0.4) is 0 Å². The van der Waals surface area contributed by atoms with E-state index in [9.17, 15) is 18.0 Å². The molecule has 1 atom stereocenters. The van der Waals surface area contributed by atoms with Crippen LogP contribution in [0.1, 0.15) is 50.6 Å². The molecule has 1 saturated heterocycles. The smallest absolute Gasteiger partial charge is 0.409 e. The van der Waals surface area contributed by atoms with Crippen molar-refractivity contribution < 1.29 is 22.7 Å². The Kier molecular flexibility index (Phi) is 6.44. The van der Waals surface area contributed by atoms with Crippen molar-refractivity contribution in [3.8, 4) is 5.75 Å². The lowest BCUT2D eigenvalue weighted by molar-refractivity contribution is -0.190. The van der Waals surface area contributed by atoms with Crippen molar-refractivity contribution in [1.29, 1.82) is 0 Å². The molecule has 1 N–H and O–H groups in total. The number of benzene rings is 2. The van der Waals surface area contributed by atoms with Crippen molar-refractivity contribution in [3.05, 3.63) is 42.0 Å². The third-order valence-corrected chi connectivity index (χ3v) is 4.92. The van der Waals surface area contributed by atoms with Gasteiger partial charge in [0.05, 0.1) is 6.61 Å². The molecular weight excluding hydrogens is 369 g/mol. The molecule has 152 valence electrons. The summed E-state index contributed by atoms with van der Waals surface area (Å²) in [6.07, 6.45) is -0.392. The van der Waals surface area contributed by atoms with Crippen LogP contribution in [-0.4, -0.2) is 30.2 Å². The fraction of sp³-hybridized carbons (Fsp3) is 0.476. The summed E-state index contributed by atoms with van der Waals surface area (Å²) in [5.74, 6) is 0.0475. The molecule has 0 aromatic heterocycles. The molecule has 1 amide bonds. The van der Waals surface area contributed by atoms with Gasteiger partial charge in [-0.3, -0.25) is 10.2 Å². The number of amides is 1. The summed E-state index contributed by atoms with van der Waals surface area (Å²) in [5, 5.41) is 2.11. The number of hydrogen-bond donors (Lipinski definition) is 1. The number of carbonyl (C=O) groups excluding carboxylic acids is 1. The van der Waals surface area contributed by atoms with Gasteiger partial charge in [0.2, 0.25) is 5.91 Å².